The number of rotatable bonds is 5. The van der Waals surface area contributed by atoms with E-state index in [-0.39, 0.29) is 12.0 Å². The van der Waals surface area contributed by atoms with E-state index in [0.29, 0.717) is 6.54 Å². The highest BCUT2D eigenvalue weighted by Gasteiger charge is 2.21. The minimum absolute atomic E-state index is 0.0109. The summed E-state index contributed by atoms with van der Waals surface area (Å²) < 4.78 is 5.84. The third kappa shape index (κ3) is 3.47. The van der Waals surface area contributed by atoms with Crippen LogP contribution in [0.15, 0.2) is 18.2 Å². The first-order valence-corrected chi connectivity index (χ1v) is 6.36. The fourth-order valence-corrected chi connectivity index (χ4v) is 2.15. The Morgan fingerprint density at radius 2 is 2.28 bits per heavy atom. The highest BCUT2D eigenvalue weighted by atomic mass is 16.5. The molecule has 1 atom stereocenters. The van der Waals surface area contributed by atoms with E-state index in [1.165, 1.54) is 18.1 Å². The van der Waals surface area contributed by atoms with E-state index in [4.69, 9.17) is 4.74 Å². The number of aryl methyl sites for hydroxylation is 1. The van der Waals surface area contributed by atoms with Gasteiger partial charge in [-0.1, -0.05) is 17.7 Å². The molecule has 1 unspecified atom stereocenters. The maximum absolute atomic E-state index is 10.7. The summed E-state index contributed by atoms with van der Waals surface area (Å²) in [6.07, 6.45) is 1.17. The zero-order valence-corrected chi connectivity index (χ0v) is 11.0. The second-order valence-electron chi connectivity index (χ2n) is 4.74. The number of nitrogens with one attached hydrogen (secondary N) is 2. The Kier molecular flexibility index (Phi) is 4.20. The van der Waals surface area contributed by atoms with Gasteiger partial charge in [0, 0.05) is 33.0 Å². The summed E-state index contributed by atoms with van der Waals surface area (Å²) in [7, 11) is 0. The Balaban J connectivity index is 1.70. The van der Waals surface area contributed by atoms with Crippen molar-refractivity contribution >= 4 is 5.91 Å². The van der Waals surface area contributed by atoms with Gasteiger partial charge in [-0.2, -0.15) is 0 Å². The second-order valence-corrected chi connectivity index (χ2v) is 4.74. The van der Waals surface area contributed by atoms with Gasteiger partial charge in [-0.05, 0) is 18.6 Å². The smallest absolute Gasteiger partial charge is 0.216 e. The average Bonchev–Trinajstić information content (AvgIpc) is 2.70. The van der Waals surface area contributed by atoms with Crippen molar-refractivity contribution in [2.45, 2.75) is 26.4 Å². The maximum Gasteiger partial charge on any atom is 0.216 e. The zero-order chi connectivity index (χ0) is 13.0. The third-order valence-electron chi connectivity index (χ3n) is 3.00. The van der Waals surface area contributed by atoms with E-state index >= 15 is 0 Å². The van der Waals surface area contributed by atoms with E-state index in [2.05, 4.69) is 29.7 Å². The summed E-state index contributed by atoms with van der Waals surface area (Å²) in [6, 6.07) is 6.31. The van der Waals surface area contributed by atoms with Crippen molar-refractivity contribution in [1.82, 2.24) is 10.6 Å². The minimum Gasteiger partial charge on any atom is -0.488 e. The molecule has 0 saturated heterocycles. The highest BCUT2D eigenvalue weighted by Crippen LogP contribution is 2.29. The molecule has 1 amide bonds. The summed E-state index contributed by atoms with van der Waals surface area (Å²) in [5.41, 5.74) is 2.57. The first-order valence-electron chi connectivity index (χ1n) is 6.36. The molecular formula is C14H20N2O2. The minimum atomic E-state index is 0.0109. The van der Waals surface area contributed by atoms with Gasteiger partial charge < -0.3 is 15.4 Å². The zero-order valence-electron chi connectivity index (χ0n) is 11.0. The molecule has 2 N–H and O–H groups in total. The van der Waals surface area contributed by atoms with Crippen molar-refractivity contribution in [3.63, 3.8) is 0 Å². The van der Waals surface area contributed by atoms with Crippen molar-refractivity contribution in [3.05, 3.63) is 29.3 Å². The molecule has 4 nitrogen and oxygen atoms in total. The molecule has 98 valence electrons. The van der Waals surface area contributed by atoms with Crippen LogP contribution < -0.4 is 15.4 Å². The molecule has 4 heteroatoms. The first kappa shape index (κ1) is 12.9. The molecule has 1 aliphatic rings. The van der Waals surface area contributed by atoms with Gasteiger partial charge >= 0.3 is 0 Å². The van der Waals surface area contributed by atoms with Gasteiger partial charge in [-0.3, -0.25) is 4.79 Å². The fourth-order valence-electron chi connectivity index (χ4n) is 2.15. The Hall–Kier alpha value is -1.55. The van der Waals surface area contributed by atoms with Crippen LogP contribution in [0.1, 0.15) is 18.1 Å². The van der Waals surface area contributed by atoms with Crippen LogP contribution in [0.3, 0.4) is 0 Å². The van der Waals surface area contributed by atoms with Gasteiger partial charge in [0.25, 0.3) is 0 Å². The summed E-state index contributed by atoms with van der Waals surface area (Å²) in [5.74, 6) is 1.02. The number of benzene rings is 1. The van der Waals surface area contributed by atoms with Crippen molar-refractivity contribution in [2.75, 3.05) is 19.6 Å². The molecule has 0 fully saturated rings. The fraction of sp³-hybridized carbons (Fsp3) is 0.500. The quantitative estimate of drug-likeness (QED) is 0.765. The van der Waals surface area contributed by atoms with Gasteiger partial charge in [0.05, 0.1) is 0 Å². The average molecular weight is 248 g/mol. The number of hydrogen-bond donors (Lipinski definition) is 2. The number of ether oxygens (including phenoxy) is 1. The van der Waals surface area contributed by atoms with Crippen molar-refractivity contribution in [1.29, 1.82) is 0 Å². The number of hydrogen-bond acceptors (Lipinski definition) is 3. The van der Waals surface area contributed by atoms with Crippen LogP contribution in [0.5, 0.6) is 5.75 Å². The molecule has 0 aliphatic carbocycles. The maximum atomic E-state index is 10.7. The van der Waals surface area contributed by atoms with Gasteiger partial charge in [0.1, 0.15) is 11.9 Å². The first-order chi connectivity index (χ1) is 8.65. The van der Waals surface area contributed by atoms with E-state index in [1.54, 1.807) is 0 Å². The van der Waals surface area contributed by atoms with Crippen LogP contribution in [0.25, 0.3) is 0 Å². The standard InChI is InChI=1S/C14H20N2O2/c1-10-3-4-14-12(7-10)8-13(18-14)9-15-5-6-16-11(2)17/h3-4,7,13,15H,5-6,8-9H2,1-2H3,(H,16,17). The third-order valence-corrected chi connectivity index (χ3v) is 3.00. The van der Waals surface area contributed by atoms with Crippen LogP contribution >= 0.6 is 0 Å². The monoisotopic (exact) mass is 248 g/mol. The van der Waals surface area contributed by atoms with E-state index in [1.807, 2.05) is 6.07 Å². The summed E-state index contributed by atoms with van der Waals surface area (Å²) >= 11 is 0. The van der Waals surface area contributed by atoms with Gasteiger partial charge in [0.15, 0.2) is 0 Å². The molecule has 1 aliphatic heterocycles. The summed E-state index contributed by atoms with van der Waals surface area (Å²) in [4.78, 5) is 10.7. The Bertz CT molecular complexity index is 432. The number of fused-ring (bicyclic) bond motifs is 1. The predicted octanol–water partition coefficient (Wildman–Crippen LogP) is 1.02. The lowest BCUT2D eigenvalue weighted by Gasteiger charge is -2.11. The lowest BCUT2D eigenvalue weighted by Crippen LogP contribution is -2.35. The van der Waals surface area contributed by atoms with E-state index in [0.717, 1.165) is 25.3 Å². The van der Waals surface area contributed by atoms with Crippen LogP contribution in [0.2, 0.25) is 0 Å². The number of carbonyl (C=O) groups is 1. The molecular weight excluding hydrogens is 228 g/mol. The molecule has 0 radical (unpaired) electrons. The molecule has 0 saturated carbocycles. The summed E-state index contributed by atoms with van der Waals surface area (Å²) in [6.45, 7) is 5.87. The Morgan fingerprint density at radius 3 is 3.06 bits per heavy atom. The van der Waals surface area contributed by atoms with Gasteiger partial charge in [-0.25, -0.2) is 0 Å². The molecule has 1 aromatic rings. The van der Waals surface area contributed by atoms with Gasteiger partial charge in [-0.15, -0.1) is 0 Å². The molecule has 1 aromatic carbocycles. The molecule has 0 spiro atoms. The lowest BCUT2D eigenvalue weighted by atomic mass is 10.1. The van der Waals surface area contributed by atoms with E-state index < -0.39 is 0 Å². The molecule has 2 rings (SSSR count). The van der Waals surface area contributed by atoms with Crippen molar-refractivity contribution in [2.24, 2.45) is 0 Å². The topological polar surface area (TPSA) is 50.4 Å². The largest absolute Gasteiger partial charge is 0.488 e. The van der Waals surface area contributed by atoms with Crippen LogP contribution in [-0.2, 0) is 11.2 Å². The SMILES string of the molecule is CC(=O)NCCNCC1Cc2cc(C)ccc2O1. The van der Waals surface area contributed by atoms with Crippen LogP contribution in [0.4, 0.5) is 0 Å². The second kappa shape index (κ2) is 5.87. The Labute approximate surface area is 108 Å². The molecule has 1 heterocycles. The summed E-state index contributed by atoms with van der Waals surface area (Å²) in [5, 5.41) is 6.05. The van der Waals surface area contributed by atoms with E-state index in [9.17, 15) is 4.79 Å². The molecule has 0 aromatic heterocycles. The van der Waals surface area contributed by atoms with Crippen molar-refractivity contribution < 1.29 is 9.53 Å². The van der Waals surface area contributed by atoms with Crippen LogP contribution in [-0.4, -0.2) is 31.6 Å². The molecule has 0 bridgehead atoms. The lowest BCUT2D eigenvalue weighted by molar-refractivity contribution is -0.118. The molecule has 18 heavy (non-hydrogen) atoms. The normalized spacial score (nSPS) is 17.1. The predicted molar refractivity (Wildman–Crippen MR) is 70.9 cm³/mol. The van der Waals surface area contributed by atoms with Crippen molar-refractivity contribution in [3.8, 4) is 5.75 Å². The Morgan fingerprint density at radius 1 is 1.44 bits per heavy atom. The highest BCUT2D eigenvalue weighted by molar-refractivity contribution is 5.72. The van der Waals surface area contributed by atoms with Crippen LogP contribution in [0, 0.1) is 6.92 Å². The number of carbonyl (C=O) groups excluding carboxylic acids is 1. The number of amides is 1. The van der Waals surface area contributed by atoms with Gasteiger partial charge in [0.2, 0.25) is 5.91 Å².